The number of likely N-dealkylation sites (N-methyl/N-ethyl adjacent to an activating group) is 1. The van der Waals surface area contributed by atoms with Crippen LogP contribution in [-0.2, 0) is 0 Å². The van der Waals surface area contributed by atoms with Gasteiger partial charge in [0.25, 0.3) is 0 Å². The molecule has 0 aliphatic rings. The first-order valence-electron chi connectivity index (χ1n) is 6.19. The highest BCUT2D eigenvalue weighted by molar-refractivity contribution is 9.10. The number of aryl methyl sites for hydroxylation is 1. The molecule has 0 aromatic heterocycles. The van der Waals surface area contributed by atoms with Crippen molar-refractivity contribution < 1.29 is 0 Å². The fraction of sp³-hybridized carbons (Fsp3) is 0.571. The van der Waals surface area contributed by atoms with Crippen LogP contribution in [0.4, 0.5) is 0 Å². The molecule has 17 heavy (non-hydrogen) atoms. The van der Waals surface area contributed by atoms with E-state index in [9.17, 15) is 0 Å². The van der Waals surface area contributed by atoms with Gasteiger partial charge in [0.05, 0.1) is 0 Å². The summed E-state index contributed by atoms with van der Waals surface area (Å²) in [7, 11) is 2.15. The van der Waals surface area contributed by atoms with E-state index in [0.717, 1.165) is 10.9 Å². The molecule has 0 bridgehead atoms. The summed E-state index contributed by atoms with van der Waals surface area (Å²) in [6, 6.07) is 7.29. The van der Waals surface area contributed by atoms with Gasteiger partial charge in [0.15, 0.2) is 0 Å². The van der Waals surface area contributed by atoms with Crippen LogP contribution in [0.1, 0.15) is 37.4 Å². The molecule has 2 nitrogen and oxygen atoms in total. The SMILES string of the molecule is CCC(C)N(C)C(CN)c1ccc(C)cc1Br. The Morgan fingerprint density at radius 2 is 2.06 bits per heavy atom. The second kappa shape index (κ2) is 6.53. The van der Waals surface area contributed by atoms with Crippen molar-refractivity contribution in [3.8, 4) is 0 Å². The van der Waals surface area contributed by atoms with Crippen LogP contribution < -0.4 is 5.73 Å². The summed E-state index contributed by atoms with van der Waals surface area (Å²) in [5.74, 6) is 0. The number of hydrogen-bond donors (Lipinski definition) is 1. The standard InChI is InChI=1S/C14H23BrN2/c1-5-11(3)17(4)14(9-16)12-7-6-10(2)8-13(12)15/h6-8,11,14H,5,9,16H2,1-4H3. The minimum atomic E-state index is 0.278. The zero-order valence-corrected chi connectivity index (χ0v) is 12.8. The van der Waals surface area contributed by atoms with Gasteiger partial charge in [0.1, 0.15) is 0 Å². The normalized spacial score (nSPS) is 15.0. The van der Waals surface area contributed by atoms with Crippen molar-refractivity contribution in [2.75, 3.05) is 13.6 Å². The van der Waals surface area contributed by atoms with Gasteiger partial charge in [-0.1, -0.05) is 35.0 Å². The lowest BCUT2D eigenvalue weighted by atomic mass is 10.0. The monoisotopic (exact) mass is 298 g/mol. The van der Waals surface area contributed by atoms with E-state index in [-0.39, 0.29) is 6.04 Å². The molecule has 0 fully saturated rings. The Morgan fingerprint density at radius 3 is 2.53 bits per heavy atom. The lowest BCUT2D eigenvalue weighted by Crippen LogP contribution is -2.36. The van der Waals surface area contributed by atoms with Crippen molar-refractivity contribution in [2.45, 2.75) is 39.3 Å². The van der Waals surface area contributed by atoms with Gasteiger partial charge in [-0.05, 0) is 44.5 Å². The molecule has 3 heteroatoms. The van der Waals surface area contributed by atoms with E-state index in [1.165, 1.54) is 11.1 Å². The van der Waals surface area contributed by atoms with Crippen LogP contribution in [0, 0.1) is 6.92 Å². The summed E-state index contributed by atoms with van der Waals surface area (Å²) in [4.78, 5) is 2.36. The first-order chi connectivity index (χ1) is 8.01. The van der Waals surface area contributed by atoms with E-state index in [1.54, 1.807) is 0 Å². The lowest BCUT2D eigenvalue weighted by molar-refractivity contribution is 0.184. The van der Waals surface area contributed by atoms with Crippen molar-refractivity contribution in [1.29, 1.82) is 0 Å². The van der Waals surface area contributed by atoms with Crippen molar-refractivity contribution in [3.63, 3.8) is 0 Å². The molecule has 2 N–H and O–H groups in total. The summed E-state index contributed by atoms with van der Waals surface area (Å²) < 4.78 is 1.16. The number of benzene rings is 1. The molecule has 2 unspecified atom stereocenters. The van der Waals surface area contributed by atoms with Gasteiger partial charge in [-0.2, -0.15) is 0 Å². The van der Waals surface area contributed by atoms with Crippen molar-refractivity contribution in [2.24, 2.45) is 5.73 Å². The molecule has 1 rings (SSSR count). The van der Waals surface area contributed by atoms with E-state index < -0.39 is 0 Å². The first kappa shape index (κ1) is 14.7. The molecule has 96 valence electrons. The van der Waals surface area contributed by atoms with Crippen LogP contribution in [0.3, 0.4) is 0 Å². The van der Waals surface area contributed by atoms with E-state index in [2.05, 4.69) is 66.8 Å². The molecule has 0 heterocycles. The Hall–Kier alpha value is -0.380. The molecular formula is C14H23BrN2. The largest absolute Gasteiger partial charge is 0.329 e. The molecule has 0 saturated heterocycles. The first-order valence-corrected chi connectivity index (χ1v) is 6.98. The van der Waals surface area contributed by atoms with E-state index in [1.807, 2.05) is 0 Å². The predicted molar refractivity (Wildman–Crippen MR) is 78.2 cm³/mol. The molecule has 0 spiro atoms. The molecule has 0 aliphatic carbocycles. The maximum atomic E-state index is 5.94. The van der Waals surface area contributed by atoms with Crippen LogP contribution in [0.15, 0.2) is 22.7 Å². The minimum Gasteiger partial charge on any atom is -0.329 e. The van der Waals surface area contributed by atoms with Gasteiger partial charge in [-0.15, -0.1) is 0 Å². The molecule has 0 saturated carbocycles. The van der Waals surface area contributed by atoms with Crippen LogP contribution in [0.5, 0.6) is 0 Å². The fourth-order valence-electron chi connectivity index (χ4n) is 2.01. The van der Waals surface area contributed by atoms with Crippen LogP contribution in [-0.4, -0.2) is 24.5 Å². The number of nitrogens with two attached hydrogens (primary N) is 1. The highest BCUT2D eigenvalue weighted by Gasteiger charge is 2.21. The van der Waals surface area contributed by atoms with Gasteiger partial charge in [-0.3, -0.25) is 4.90 Å². The Bertz CT molecular complexity index is 365. The fourth-order valence-corrected chi connectivity index (χ4v) is 2.77. The lowest BCUT2D eigenvalue weighted by Gasteiger charge is -2.33. The van der Waals surface area contributed by atoms with Crippen LogP contribution in [0.25, 0.3) is 0 Å². The third-order valence-electron chi connectivity index (χ3n) is 3.52. The Labute approximate surface area is 113 Å². The van der Waals surface area contributed by atoms with Gasteiger partial charge in [-0.25, -0.2) is 0 Å². The molecule has 1 aromatic carbocycles. The highest BCUT2D eigenvalue weighted by Crippen LogP contribution is 2.29. The average molecular weight is 299 g/mol. The second-order valence-electron chi connectivity index (χ2n) is 4.70. The van der Waals surface area contributed by atoms with Crippen LogP contribution >= 0.6 is 15.9 Å². The molecule has 0 radical (unpaired) electrons. The smallest absolute Gasteiger partial charge is 0.0481 e. The van der Waals surface area contributed by atoms with Gasteiger partial charge >= 0.3 is 0 Å². The molecule has 1 aromatic rings. The second-order valence-corrected chi connectivity index (χ2v) is 5.55. The summed E-state index contributed by atoms with van der Waals surface area (Å²) in [6.07, 6.45) is 1.14. The zero-order chi connectivity index (χ0) is 13.0. The summed E-state index contributed by atoms with van der Waals surface area (Å²) >= 11 is 3.65. The van der Waals surface area contributed by atoms with Crippen LogP contribution in [0.2, 0.25) is 0 Å². The van der Waals surface area contributed by atoms with E-state index in [0.29, 0.717) is 12.6 Å². The highest BCUT2D eigenvalue weighted by atomic mass is 79.9. The minimum absolute atomic E-state index is 0.278. The quantitative estimate of drug-likeness (QED) is 0.902. The molecular weight excluding hydrogens is 276 g/mol. The number of nitrogens with zero attached hydrogens (tertiary/aromatic N) is 1. The summed E-state index contributed by atoms with van der Waals surface area (Å²) in [6.45, 7) is 7.19. The molecule has 0 amide bonds. The van der Waals surface area contributed by atoms with Crippen molar-refractivity contribution >= 4 is 15.9 Å². The average Bonchev–Trinajstić information content (AvgIpc) is 2.31. The van der Waals surface area contributed by atoms with Crippen molar-refractivity contribution in [1.82, 2.24) is 4.90 Å². The zero-order valence-electron chi connectivity index (χ0n) is 11.2. The summed E-state index contributed by atoms with van der Waals surface area (Å²) in [5, 5.41) is 0. The van der Waals surface area contributed by atoms with Crippen molar-refractivity contribution in [3.05, 3.63) is 33.8 Å². The maximum Gasteiger partial charge on any atom is 0.0481 e. The van der Waals surface area contributed by atoms with E-state index >= 15 is 0 Å². The third kappa shape index (κ3) is 3.54. The van der Waals surface area contributed by atoms with E-state index in [4.69, 9.17) is 5.73 Å². The number of hydrogen-bond acceptors (Lipinski definition) is 2. The Morgan fingerprint density at radius 1 is 1.41 bits per heavy atom. The number of rotatable bonds is 5. The maximum absolute atomic E-state index is 5.94. The predicted octanol–water partition coefficient (Wildman–Crippen LogP) is 3.49. The molecule has 0 aliphatic heterocycles. The Kier molecular flexibility index (Phi) is 5.63. The number of halogens is 1. The Balaban J connectivity index is 3.01. The topological polar surface area (TPSA) is 29.3 Å². The van der Waals surface area contributed by atoms with Gasteiger partial charge in [0, 0.05) is 23.1 Å². The van der Waals surface area contributed by atoms with Gasteiger partial charge in [0.2, 0.25) is 0 Å². The van der Waals surface area contributed by atoms with Gasteiger partial charge < -0.3 is 5.73 Å². The molecule has 2 atom stereocenters. The summed E-state index contributed by atoms with van der Waals surface area (Å²) in [5.41, 5.74) is 8.49. The third-order valence-corrected chi connectivity index (χ3v) is 4.20.